The number of fused-ring (bicyclic) bond motifs is 4. The van der Waals surface area contributed by atoms with Crippen LogP contribution >= 0.6 is 0 Å². The highest BCUT2D eigenvalue weighted by atomic mass is 16.3. The van der Waals surface area contributed by atoms with Crippen LogP contribution in [0.4, 0.5) is 0 Å². The number of primary amides is 1. The fourth-order valence-corrected chi connectivity index (χ4v) is 5.44. The highest BCUT2D eigenvalue weighted by Crippen LogP contribution is 2.52. The summed E-state index contributed by atoms with van der Waals surface area (Å²) in [5.74, 6) is -7.07. The van der Waals surface area contributed by atoms with E-state index in [0.717, 1.165) is 5.39 Å². The molecule has 1 unspecified atom stereocenters. The Morgan fingerprint density at radius 1 is 1.12 bits per heavy atom. The molecule has 1 amide bonds. The molecule has 3 aliphatic rings. The van der Waals surface area contributed by atoms with Crippen molar-refractivity contribution in [3.05, 3.63) is 58.4 Å². The molecule has 9 nitrogen and oxygen atoms in total. The number of Topliss-reactive ketones (excluding diaryl/α,β-unsaturated/α-hetero) is 2. The molecule has 2 aromatic rings. The first kappa shape index (κ1) is 20.2. The second-order valence-corrected chi connectivity index (χ2v) is 8.56. The Morgan fingerprint density at radius 2 is 1.81 bits per heavy atom. The first-order chi connectivity index (χ1) is 15.1. The van der Waals surface area contributed by atoms with Gasteiger partial charge >= 0.3 is 0 Å². The van der Waals surface area contributed by atoms with E-state index in [-0.39, 0.29) is 29.7 Å². The van der Waals surface area contributed by atoms with Gasteiger partial charge in [-0.2, -0.15) is 0 Å². The van der Waals surface area contributed by atoms with Crippen LogP contribution in [0.3, 0.4) is 0 Å². The molecule has 0 radical (unpaired) electrons. The number of hydrogen-bond acceptors (Lipinski definition) is 8. The van der Waals surface area contributed by atoms with Crippen LogP contribution in [-0.2, 0) is 20.8 Å². The van der Waals surface area contributed by atoms with Crippen LogP contribution in [-0.4, -0.2) is 49.5 Å². The van der Waals surface area contributed by atoms with E-state index in [2.05, 4.69) is 0 Å². The molecule has 5 rings (SSSR count). The summed E-state index contributed by atoms with van der Waals surface area (Å²) in [4.78, 5) is 37.7. The molecule has 2 aromatic carbocycles. The second kappa shape index (κ2) is 6.41. The van der Waals surface area contributed by atoms with Crippen molar-refractivity contribution in [1.82, 2.24) is 0 Å². The molecule has 0 spiro atoms. The minimum atomic E-state index is -2.69. The van der Waals surface area contributed by atoms with E-state index in [1.807, 2.05) is 0 Å². The number of nitrogens with two attached hydrogens (primary N) is 2. The molecule has 32 heavy (non-hydrogen) atoms. The van der Waals surface area contributed by atoms with Gasteiger partial charge in [0.05, 0.1) is 11.6 Å². The zero-order chi connectivity index (χ0) is 23.1. The molecule has 1 saturated carbocycles. The summed E-state index contributed by atoms with van der Waals surface area (Å²) in [5, 5.41) is 45.0. The van der Waals surface area contributed by atoms with E-state index in [4.69, 9.17) is 11.5 Å². The summed E-state index contributed by atoms with van der Waals surface area (Å²) in [6, 6.07) is 7.36. The Bertz CT molecular complexity index is 1330. The smallest absolute Gasteiger partial charge is 0.255 e. The number of amides is 1. The lowest BCUT2D eigenvalue weighted by Gasteiger charge is -2.48. The first-order valence-electron chi connectivity index (χ1n) is 10.1. The lowest BCUT2D eigenvalue weighted by molar-refractivity contribution is -0.149. The standard InChI is InChI=1S/C23H20N2O7/c24-16-12-7-10-6-9-5-8-3-1-2-4-11(8)17(26)13(9)18(27)14(10)20(29)23(12,32)21(30)15(19(16)28)22(25)31/h1-5,10,12,16,26-27,30,32H,6-7,24H2,(H2,25,31)/t10?,12-,16-,23-/m0/s1. The maximum absolute atomic E-state index is 13.5. The number of carbonyl (C=O) groups is 3. The Morgan fingerprint density at radius 3 is 2.50 bits per heavy atom. The summed E-state index contributed by atoms with van der Waals surface area (Å²) >= 11 is 0. The molecule has 0 heterocycles. The third-order valence-corrected chi connectivity index (χ3v) is 6.96. The van der Waals surface area contributed by atoms with E-state index in [0.29, 0.717) is 10.9 Å². The number of benzene rings is 2. The van der Waals surface area contributed by atoms with Crippen molar-refractivity contribution in [2.45, 2.75) is 24.5 Å². The number of phenolic OH excluding ortho intramolecular Hbond substituents is 1. The number of rotatable bonds is 1. The molecule has 4 atom stereocenters. The van der Waals surface area contributed by atoms with Gasteiger partial charge in [-0.05, 0) is 29.7 Å². The molecule has 0 aromatic heterocycles. The molecular weight excluding hydrogens is 416 g/mol. The molecule has 9 heteroatoms. The lowest BCUT2D eigenvalue weighted by atomic mass is 9.58. The number of aromatic hydroxyl groups is 1. The van der Waals surface area contributed by atoms with E-state index in [1.54, 1.807) is 30.3 Å². The van der Waals surface area contributed by atoms with Crippen molar-refractivity contribution in [2.75, 3.05) is 0 Å². The quantitative estimate of drug-likeness (QED) is 0.349. The Labute approximate surface area is 181 Å². The zero-order valence-electron chi connectivity index (χ0n) is 16.7. The number of ketones is 2. The SMILES string of the molecule is NC(=O)C1=C(O)[C@@]2(O)C(=O)C3=C(O)c4c(cc5ccccc5c4O)CC3C[C@H]2[C@H](N)C1=O. The van der Waals surface area contributed by atoms with Gasteiger partial charge in [0.25, 0.3) is 5.91 Å². The zero-order valence-corrected chi connectivity index (χ0v) is 16.7. The van der Waals surface area contributed by atoms with Crippen molar-refractivity contribution in [3.8, 4) is 5.75 Å². The van der Waals surface area contributed by atoms with E-state index >= 15 is 0 Å². The van der Waals surface area contributed by atoms with Crippen LogP contribution in [0.2, 0.25) is 0 Å². The minimum Gasteiger partial charge on any atom is -0.508 e. The minimum absolute atomic E-state index is 0.0162. The maximum Gasteiger partial charge on any atom is 0.255 e. The summed E-state index contributed by atoms with van der Waals surface area (Å²) in [6.07, 6.45) is 0.219. The van der Waals surface area contributed by atoms with Crippen molar-refractivity contribution in [1.29, 1.82) is 0 Å². The van der Waals surface area contributed by atoms with Gasteiger partial charge in [-0.1, -0.05) is 30.3 Å². The monoisotopic (exact) mass is 436 g/mol. The third-order valence-electron chi connectivity index (χ3n) is 6.96. The average molecular weight is 436 g/mol. The van der Waals surface area contributed by atoms with Gasteiger partial charge in [-0.3, -0.25) is 14.4 Å². The molecule has 8 N–H and O–H groups in total. The number of hydrogen-bond donors (Lipinski definition) is 6. The van der Waals surface area contributed by atoms with Crippen molar-refractivity contribution >= 4 is 34.0 Å². The number of aliphatic hydroxyl groups is 3. The van der Waals surface area contributed by atoms with Crippen LogP contribution in [0.25, 0.3) is 16.5 Å². The molecule has 0 bridgehead atoms. The van der Waals surface area contributed by atoms with Gasteiger partial charge in [0.2, 0.25) is 5.78 Å². The van der Waals surface area contributed by atoms with Gasteiger partial charge in [0.15, 0.2) is 11.4 Å². The van der Waals surface area contributed by atoms with Crippen LogP contribution < -0.4 is 11.5 Å². The van der Waals surface area contributed by atoms with Crippen molar-refractivity contribution in [3.63, 3.8) is 0 Å². The Hall–Kier alpha value is -3.69. The highest BCUT2D eigenvalue weighted by molar-refractivity contribution is 6.24. The maximum atomic E-state index is 13.5. The topological polar surface area (TPSA) is 184 Å². The Kier molecular flexibility index (Phi) is 4.05. The predicted molar refractivity (Wildman–Crippen MR) is 112 cm³/mol. The van der Waals surface area contributed by atoms with Gasteiger partial charge in [0.1, 0.15) is 22.8 Å². The van der Waals surface area contributed by atoms with Gasteiger partial charge in [-0.15, -0.1) is 0 Å². The average Bonchev–Trinajstić information content (AvgIpc) is 2.74. The fraction of sp³-hybridized carbons (Fsp3) is 0.261. The van der Waals surface area contributed by atoms with Crippen LogP contribution in [0.15, 0.2) is 47.2 Å². The summed E-state index contributed by atoms with van der Waals surface area (Å²) in [5.41, 5.74) is 8.02. The highest BCUT2D eigenvalue weighted by Gasteiger charge is 2.63. The molecule has 3 aliphatic carbocycles. The van der Waals surface area contributed by atoms with Gasteiger partial charge in [0, 0.05) is 16.9 Å². The number of aliphatic hydroxyl groups excluding tert-OH is 2. The third kappa shape index (κ3) is 2.32. The normalized spacial score (nSPS) is 29.6. The van der Waals surface area contributed by atoms with E-state index in [1.165, 1.54) is 0 Å². The number of carbonyl (C=O) groups excluding carboxylic acids is 3. The van der Waals surface area contributed by atoms with Crippen molar-refractivity contribution < 1.29 is 34.8 Å². The first-order valence-corrected chi connectivity index (χ1v) is 10.1. The summed E-state index contributed by atoms with van der Waals surface area (Å²) in [7, 11) is 0. The molecule has 1 fully saturated rings. The lowest BCUT2D eigenvalue weighted by Crippen LogP contribution is -2.65. The summed E-state index contributed by atoms with van der Waals surface area (Å²) < 4.78 is 0. The van der Waals surface area contributed by atoms with Crippen LogP contribution in [0, 0.1) is 11.8 Å². The Balaban J connectivity index is 1.76. The second-order valence-electron chi connectivity index (χ2n) is 8.56. The largest absolute Gasteiger partial charge is 0.508 e. The van der Waals surface area contributed by atoms with Crippen LogP contribution in [0.1, 0.15) is 17.5 Å². The predicted octanol–water partition coefficient (Wildman–Crippen LogP) is 0.514. The van der Waals surface area contributed by atoms with Gasteiger partial charge < -0.3 is 31.9 Å². The molecule has 0 aliphatic heterocycles. The fourth-order valence-electron chi connectivity index (χ4n) is 5.44. The molecule has 0 saturated heterocycles. The number of phenols is 1. The van der Waals surface area contributed by atoms with E-state index in [9.17, 15) is 34.8 Å². The van der Waals surface area contributed by atoms with Gasteiger partial charge in [-0.25, -0.2) is 0 Å². The van der Waals surface area contributed by atoms with Crippen LogP contribution in [0.5, 0.6) is 5.75 Å². The molecule has 164 valence electrons. The molecular formula is C23H20N2O7. The summed E-state index contributed by atoms with van der Waals surface area (Å²) in [6.45, 7) is 0. The van der Waals surface area contributed by atoms with E-state index < -0.39 is 58.0 Å². The van der Waals surface area contributed by atoms with Crippen molar-refractivity contribution in [2.24, 2.45) is 23.3 Å².